The maximum atomic E-state index is 13.1. The minimum Gasteiger partial charge on any atom is -0.508 e. The van der Waals surface area contributed by atoms with Crippen LogP contribution in [0.2, 0.25) is 0 Å². The van der Waals surface area contributed by atoms with Crippen LogP contribution in [-0.2, 0) is 9.59 Å². The highest BCUT2D eigenvalue weighted by molar-refractivity contribution is 6.46. The number of rotatable bonds is 10. The van der Waals surface area contributed by atoms with Crippen molar-refractivity contribution in [2.45, 2.75) is 39.2 Å². The smallest absolute Gasteiger partial charge is 0.295 e. The second-order valence-electron chi connectivity index (χ2n) is 8.92. The monoisotopic (exact) mass is 466 g/mol. The average Bonchev–Trinajstić information content (AvgIpc) is 3.04. The number of unbranched alkanes of at least 4 members (excludes halogenated alkanes) is 1. The summed E-state index contributed by atoms with van der Waals surface area (Å²) in [5.41, 5.74) is 1.94. The number of ether oxygens (including phenoxy) is 1. The van der Waals surface area contributed by atoms with Crippen molar-refractivity contribution in [1.29, 1.82) is 0 Å². The number of aromatic hydroxyl groups is 1. The zero-order valence-corrected chi connectivity index (χ0v) is 20.4. The molecule has 1 saturated heterocycles. The molecule has 2 aromatic rings. The Morgan fingerprint density at radius 2 is 1.79 bits per heavy atom. The first kappa shape index (κ1) is 25.3. The number of likely N-dealkylation sites (tertiary alicyclic amines) is 1. The lowest BCUT2D eigenvalue weighted by Crippen LogP contribution is -2.32. The molecule has 1 fully saturated rings. The first-order valence-electron chi connectivity index (χ1n) is 11.7. The summed E-state index contributed by atoms with van der Waals surface area (Å²) < 4.78 is 5.75. The molecule has 182 valence electrons. The predicted molar refractivity (Wildman–Crippen MR) is 132 cm³/mol. The molecule has 0 saturated carbocycles. The van der Waals surface area contributed by atoms with Crippen LogP contribution in [0.15, 0.2) is 48.0 Å². The maximum Gasteiger partial charge on any atom is 0.295 e. The molecule has 0 unspecified atom stereocenters. The molecule has 0 spiro atoms. The van der Waals surface area contributed by atoms with Crippen LogP contribution in [0.4, 0.5) is 0 Å². The Balaban J connectivity index is 2.02. The van der Waals surface area contributed by atoms with Gasteiger partial charge in [0.25, 0.3) is 11.7 Å². The minimum atomic E-state index is -0.734. The highest BCUT2D eigenvalue weighted by Gasteiger charge is 2.45. The van der Waals surface area contributed by atoms with E-state index in [4.69, 9.17) is 4.74 Å². The molecule has 1 heterocycles. The largest absolute Gasteiger partial charge is 0.508 e. The van der Waals surface area contributed by atoms with Gasteiger partial charge in [0.2, 0.25) is 0 Å². The van der Waals surface area contributed by atoms with Gasteiger partial charge in [0.15, 0.2) is 0 Å². The number of aryl methyl sites for hydroxylation is 1. The lowest BCUT2D eigenvalue weighted by molar-refractivity contribution is -0.139. The quantitative estimate of drug-likeness (QED) is 0.235. The normalized spacial score (nSPS) is 17.6. The summed E-state index contributed by atoms with van der Waals surface area (Å²) in [6.07, 6.45) is 2.66. The summed E-state index contributed by atoms with van der Waals surface area (Å²) in [6, 6.07) is 11.0. The van der Waals surface area contributed by atoms with Gasteiger partial charge in [-0.15, -0.1) is 0 Å². The number of Topliss-reactive ketones (excluding diaryl/α,β-unsaturated/α-hetero) is 1. The molecule has 7 nitrogen and oxygen atoms in total. The van der Waals surface area contributed by atoms with Crippen molar-refractivity contribution < 1.29 is 24.5 Å². The van der Waals surface area contributed by atoms with Gasteiger partial charge in [-0.25, -0.2) is 0 Å². The molecular weight excluding hydrogens is 432 g/mol. The van der Waals surface area contributed by atoms with Crippen LogP contribution in [0.1, 0.15) is 48.9 Å². The number of aliphatic hydroxyl groups is 1. The minimum absolute atomic E-state index is 0.0586. The number of phenols is 1. The molecule has 7 heteroatoms. The van der Waals surface area contributed by atoms with E-state index in [1.54, 1.807) is 24.3 Å². The molecule has 2 N–H and O–H groups in total. The highest BCUT2D eigenvalue weighted by atomic mass is 16.5. The molecular formula is C27H34N2O5. The number of benzene rings is 2. The van der Waals surface area contributed by atoms with Crippen LogP contribution in [0.25, 0.3) is 5.76 Å². The van der Waals surface area contributed by atoms with E-state index >= 15 is 0 Å². The predicted octanol–water partition coefficient (Wildman–Crippen LogP) is 4.25. The van der Waals surface area contributed by atoms with E-state index in [1.165, 1.54) is 17.0 Å². The van der Waals surface area contributed by atoms with Gasteiger partial charge in [-0.05, 0) is 81.9 Å². The molecule has 3 rings (SSSR count). The van der Waals surface area contributed by atoms with Gasteiger partial charge in [-0.1, -0.05) is 25.5 Å². The number of nitrogens with zero attached hydrogens (tertiary/aromatic N) is 2. The number of amides is 1. The molecule has 1 amide bonds. The lowest BCUT2D eigenvalue weighted by atomic mass is 9.93. The Morgan fingerprint density at radius 3 is 2.41 bits per heavy atom. The molecule has 1 atom stereocenters. The van der Waals surface area contributed by atoms with Crippen LogP contribution in [0.3, 0.4) is 0 Å². The number of carbonyl (C=O) groups excluding carboxylic acids is 2. The molecule has 0 radical (unpaired) electrons. The first-order valence-corrected chi connectivity index (χ1v) is 11.7. The summed E-state index contributed by atoms with van der Waals surface area (Å²) >= 11 is 0. The average molecular weight is 467 g/mol. The van der Waals surface area contributed by atoms with E-state index in [9.17, 15) is 19.8 Å². The van der Waals surface area contributed by atoms with Crippen molar-refractivity contribution in [3.05, 3.63) is 64.7 Å². The zero-order valence-electron chi connectivity index (χ0n) is 20.4. The SMILES string of the molecule is CCCCOc1ccc(/C(O)=C2\C(=O)C(=O)N(CCCN(C)C)[C@@H]2c2ccc(O)cc2)c(C)c1. The number of ketones is 1. The number of phenolic OH excluding ortho intramolecular Hbond substituents is 1. The summed E-state index contributed by atoms with van der Waals surface area (Å²) in [7, 11) is 3.90. The topological polar surface area (TPSA) is 90.3 Å². The Morgan fingerprint density at radius 1 is 1.09 bits per heavy atom. The van der Waals surface area contributed by atoms with E-state index in [1.807, 2.05) is 32.0 Å². The fraction of sp³-hybridized carbons (Fsp3) is 0.407. The molecule has 1 aliphatic heterocycles. The van der Waals surface area contributed by atoms with Gasteiger partial charge in [0, 0.05) is 12.1 Å². The fourth-order valence-corrected chi connectivity index (χ4v) is 4.14. The van der Waals surface area contributed by atoms with Crippen LogP contribution >= 0.6 is 0 Å². The molecule has 0 aliphatic carbocycles. The molecule has 0 bridgehead atoms. The summed E-state index contributed by atoms with van der Waals surface area (Å²) in [5, 5.41) is 21.0. The van der Waals surface area contributed by atoms with Crippen LogP contribution in [-0.4, -0.2) is 65.5 Å². The van der Waals surface area contributed by atoms with Crippen molar-refractivity contribution in [3.63, 3.8) is 0 Å². The molecule has 0 aromatic heterocycles. The van der Waals surface area contributed by atoms with Gasteiger partial charge >= 0.3 is 0 Å². The Kier molecular flexibility index (Phi) is 8.34. The summed E-state index contributed by atoms with van der Waals surface area (Å²) in [6.45, 7) is 5.67. The maximum absolute atomic E-state index is 13.1. The summed E-state index contributed by atoms with van der Waals surface area (Å²) in [4.78, 5) is 29.7. The van der Waals surface area contributed by atoms with Crippen molar-refractivity contribution in [3.8, 4) is 11.5 Å². The Bertz CT molecular complexity index is 1060. The van der Waals surface area contributed by atoms with E-state index in [0.29, 0.717) is 36.4 Å². The van der Waals surface area contributed by atoms with Crippen LogP contribution < -0.4 is 4.74 Å². The van der Waals surface area contributed by atoms with Gasteiger partial charge < -0.3 is 24.7 Å². The third-order valence-electron chi connectivity index (χ3n) is 5.97. The van der Waals surface area contributed by atoms with E-state index < -0.39 is 17.7 Å². The van der Waals surface area contributed by atoms with Crippen molar-refractivity contribution >= 4 is 17.4 Å². The first-order chi connectivity index (χ1) is 16.2. The molecule has 34 heavy (non-hydrogen) atoms. The number of carbonyl (C=O) groups is 2. The Labute approximate surface area is 201 Å². The number of hydrogen-bond donors (Lipinski definition) is 2. The fourth-order valence-electron chi connectivity index (χ4n) is 4.14. The van der Waals surface area contributed by atoms with E-state index in [-0.39, 0.29) is 17.1 Å². The van der Waals surface area contributed by atoms with Gasteiger partial charge in [-0.3, -0.25) is 9.59 Å². The van der Waals surface area contributed by atoms with Gasteiger partial charge in [0.05, 0.1) is 18.2 Å². The number of hydrogen-bond acceptors (Lipinski definition) is 6. The van der Waals surface area contributed by atoms with Crippen molar-refractivity contribution in [2.75, 3.05) is 33.8 Å². The second-order valence-corrected chi connectivity index (χ2v) is 8.92. The van der Waals surface area contributed by atoms with E-state index in [2.05, 4.69) is 6.92 Å². The third-order valence-corrected chi connectivity index (χ3v) is 5.97. The second kappa shape index (κ2) is 11.2. The Hall–Kier alpha value is -3.32. The standard InChI is InChI=1S/C27H34N2O5/c1-5-6-16-34-21-12-13-22(18(2)17-21)25(31)23-24(19-8-10-20(30)11-9-19)29(27(33)26(23)32)15-7-14-28(3)4/h8-13,17,24,30-31H,5-7,14-16H2,1-4H3/b25-23+/t24-/m1/s1. The lowest BCUT2D eigenvalue weighted by Gasteiger charge is -2.26. The highest BCUT2D eigenvalue weighted by Crippen LogP contribution is 2.40. The zero-order chi connectivity index (χ0) is 24.8. The van der Waals surface area contributed by atoms with Gasteiger partial charge in [-0.2, -0.15) is 0 Å². The third kappa shape index (κ3) is 5.59. The van der Waals surface area contributed by atoms with E-state index in [0.717, 1.165) is 24.9 Å². The van der Waals surface area contributed by atoms with Gasteiger partial charge in [0.1, 0.15) is 17.3 Å². The van der Waals surface area contributed by atoms with Crippen LogP contribution in [0, 0.1) is 6.92 Å². The number of aliphatic hydroxyl groups excluding tert-OH is 1. The van der Waals surface area contributed by atoms with Crippen molar-refractivity contribution in [2.24, 2.45) is 0 Å². The van der Waals surface area contributed by atoms with Crippen LogP contribution in [0.5, 0.6) is 11.5 Å². The molecule has 2 aromatic carbocycles. The molecule has 1 aliphatic rings. The van der Waals surface area contributed by atoms with Crippen molar-refractivity contribution in [1.82, 2.24) is 9.80 Å². The summed E-state index contributed by atoms with van der Waals surface area (Å²) in [5.74, 6) is -0.757.